The summed E-state index contributed by atoms with van der Waals surface area (Å²) < 4.78 is 0. The van der Waals surface area contributed by atoms with Crippen LogP contribution in [0, 0.1) is 13.8 Å². The van der Waals surface area contributed by atoms with Gasteiger partial charge < -0.3 is 5.32 Å². The van der Waals surface area contributed by atoms with Crippen LogP contribution in [0.4, 0.5) is 5.82 Å². The van der Waals surface area contributed by atoms with Crippen LogP contribution in [0.25, 0.3) is 11.3 Å². The second-order valence-electron chi connectivity index (χ2n) is 3.80. The Bertz CT molecular complexity index is 489. The third kappa shape index (κ3) is 1.89. The monoisotopic (exact) mass is 213 g/mol. The lowest BCUT2D eigenvalue weighted by Crippen LogP contribution is -1.96. The average molecular weight is 213 g/mol. The molecule has 0 aliphatic rings. The second-order valence-corrected chi connectivity index (χ2v) is 3.80. The highest BCUT2D eigenvalue weighted by atomic mass is 15.2. The van der Waals surface area contributed by atoms with Crippen LogP contribution in [-0.4, -0.2) is 17.2 Å². The molecule has 0 unspecified atom stereocenters. The Morgan fingerprint density at radius 1 is 1.00 bits per heavy atom. The highest BCUT2D eigenvalue weighted by molar-refractivity contribution is 5.65. The summed E-state index contributed by atoms with van der Waals surface area (Å²) in [6, 6.07) is 10.1. The fraction of sp³-hybridized carbons (Fsp3) is 0.231. The number of nitrogens with one attached hydrogen (secondary N) is 1. The van der Waals surface area contributed by atoms with Gasteiger partial charge in [-0.25, -0.2) is 0 Å². The van der Waals surface area contributed by atoms with Crippen LogP contribution in [0.1, 0.15) is 11.1 Å². The molecule has 1 N–H and O–H groups in total. The molecule has 0 aliphatic carbocycles. The Labute approximate surface area is 95.5 Å². The summed E-state index contributed by atoms with van der Waals surface area (Å²) in [5.74, 6) is 0.786. The van der Waals surface area contributed by atoms with E-state index in [0.29, 0.717) is 0 Å². The minimum Gasteiger partial charge on any atom is -0.372 e. The van der Waals surface area contributed by atoms with Gasteiger partial charge in [-0.1, -0.05) is 18.2 Å². The maximum atomic E-state index is 4.21. The number of hydrogen-bond acceptors (Lipinski definition) is 3. The first kappa shape index (κ1) is 10.6. The van der Waals surface area contributed by atoms with E-state index in [0.717, 1.165) is 17.1 Å². The predicted octanol–water partition coefficient (Wildman–Crippen LogP) is 2.80. The SMILES string of the molecule is CNc1ccc(-c2cccc(C)c2C)nn1. The van der Waals surface area contributed by atoms with E-state index >= 15 is 0 Å². The van der Waals surface area contributed by atoms with Gasteiger partial charge in [-0.2, -0.15) is 0 Å². The molecule has 2 rings (SSSR count). The molecule has 0 aliphatic heterocycles. The van der Waals surface area contributed by atoms with Crippen molar-refractivity contribution < 1.29 is 0 Å². The molecule has 0 spiro atoms. The van der Waals surface area contributed by atoms with Gasteiger partial charge in [-0.3, -0.25) is 0 Å². The number of nitrogens with zero attached hydrogens (tertiary/aromatic N) is 2. The first-order valence-corrected chi connectivity index (χ1v) is 5.30. The van der Waals surface area contributed by atoms with Crippen LogP contribution in [0.15, 0.2) is 30.3 Å². The third-order valence-electron chi connectivity index (χ3n) is 2.80. The van der Waals surface area contributed by atoms with Crippen molar-refractivity contribution in [2.75, 3.05) is 12.4 Å². The zero-order chi connectivity index (χ0) is 11.5. The molecule has 1 heterocycles. The topological polar surface area (TPSA) is 37.8 Å². The molecule has 1 aromatic heterocycles. The van der Waals surface area contributed by atoms with Crippen molar-refractivity contribution in [2.45, 2.75) is 13.8 Å². The zero-order valence-corrected chi connectivity index (χ0v) is 9.78. The Hall–Kier alpha value is -1.90. The lowest BCUT2D eigenvalue weighted by atomic mass is 10.0. The molecule has 0 radical (unpaired) electrons. The molecule has 0 amide bonds. The Balaban J connectivity index is 2.46. The maximum absolute atomic E-state index is 4.21. The van der Waals surface area contributed by atoms with Gasteiger partial charge in [0.05, 0.1) is 5.69 Å². The zero-order valence-electron chi connectivity index (χ0n) is 9.78. The molecular weight excluding hydrogens is 198 g/mol. The fourth-order valence-electron chi connectivity index (χ4n) is 1.64. The van der Waals surface area contributed by atoms with E-state index in [1.54, 1.807) is 0 Å². The van der Waals surface area contributed by atoms with Gasteiger partial charge >= 0.3 is 0 Å². The van der Waals surface area contributed by atoms with Crippen molar-refractivity contribution in [2.24, 2.45) is 0 Å². The molecule has 3 nitrogen and oxygen atoms in total. The van der Waals surface area contributed by atoms with E-state index in [9.17, 15) is 0 Å². The molecule has 82 valence electrons. The normalized spacial score (nSPS) is 10.2. The number of anilines is 1. The lowest BCUT2D eigenvalue weighted by Gasteiger charge is -2.07. The van der Waals surface area contributed by atoms with Gasteiger partial charge in [0.15, 0.2) is 0 Å². The molecule has 1 aromatic carbocycles. The Morgan fingerprint density at radius 3 is 2.44 bits per heavy atom. The average Bonchev–Trinajstić information content (AvgIpc) is 2.33. The van der Waals surface area contributed by atoms with Crippen molar-refractivity contribution >= 4 is 5.82 Å². The summed E-state index contributed by atoms with van der Waals surface area (Å²) in [7, 11) is 1.83. The fourth-order valence-corrected chi connectivity index (χ4v) is 1.64. The molecule has 2 aromatic rings. The molecular formula is C13H15N3. The summed E-state index contributed by atoms with van der Waals surface area (Å²) in [4.78, 5) is 0. The Morgan fingerprint density at radius 2 is 1.81 bits per heavy atom. The standard InChI is InChI=1S/C13H15N3/c1-9-5-4-6-11(10(9)2)12-7-8-13(14-3)16-15-12/h4-8H,1-3H3,(H,14,16). The van der Waals surface area contributed by atoms with Gasteiger partial charge in [0, 0.05) is 12.6 Å². The van der Waals surface area contributed by atoms with Crippen LogP contribution in [0.3, 0.4) is 0 Å². The van der Waals surface area contributed by atoms with Crippen molar-refractivity contribution in [3.8, 4) is 11.3 Å². The minimum atomic E-state index is 0.786. The van der Waals surface area contributed by atoms with Crippen molar-refractivity contribution in [3.05, 3.63) is 41.5 Å². The van der Waals surface area contributed by atoms with E-state index in [2.05, 4.69) is 41.5 Å². The highest BCUT2D eigenvalue weighted by Crippen LogP contribution is 2.23. The molecule has 0 atom stereocenters. The Kier molecular flexibility index (Phi) is 2.86. The van der Waals surface area contributed by atoms with Gasteiger partial charge in [-0.05, 0) is 37.1 Å². The largest absolute Gasteiger partial charge is 0.372 e. The van der Waals surface area contributed by atoms with E-state index in [-0.39, 0.29) is 0 Å². The quantitative estimate of drug-likeness (QED) is 0.833. The lowest BCUT2D eigenvalue weighted by molar-refractivity contribution is 1.03. The number of hydrogen-bond donors (Lipinski definition) is 1. The van der Waals surface area contributed by atoms with Crippen LogP contribution in [0.5, 0.6) is 0 Å². The second kappa shape index (κ2) is 4.31. The summed E-state index contributed by atoms with van der Waals surface area (Å²) in [6.07, 6.45) is 0. The molecule has 0 fully saturated rings. The van der Waals surface area contributed by atoms with Crippen LogP contribution >= 0.6 is 0 Å². The number of benzene rings is 1. The summed E-state index contributed by atoms with van der Waals surface area (Å²) in [6.45, 7) is 4.21. The van der Waals surface area contributed by atoms with Crippen molar-refractivity contribution in [1.29, 1.82) is 0 Å². The van der Waals surface area contributed by atoms with Crippen molar-refractivity contribution in [3.63, 3.8) is 0 Å². The predicted molar refractivity (Wildman–Crippen MR) is 66.5 cm³/mol. The van der Waals surface area contributed by atoms with Gasteiger partial charge in [-0.15, -0.1) is 10.2 Å². The smallest absolute Gasteiger partial charge is 0.148 e. The van der Waals surface area contributed by atoms with Gasteiger partial charge in [0.1, 0.15) is 5.82 Å². The first-order chi connectivity index (χ1) is 7.72. The van der Waals surface area contributed by atoms with Crippen LogP contribution in [0.2, 0.25) is 0 Å². The number of aryl methyl sites for hydroxylation is 1. The van der Waals surface area contributed by atoms with Gasteiger partial charge in [0.25, 0.3) is 0 Å². The van der Waals surface area contributed by atoms with E-state index in [4.69, 9.17) is 0 Å². The molecule has 0 saturated heterocycles. The molecule has 0 saturated carbocycles. The van der Waals surface area contributed by atoms with Crippen LogP contribution in [-0.2, 0) is 0 Å². The molecule has 3 heteroatoms. The molecule has 16 heavy (non-hydrogen) atoms. The first-order valence-electron chi connectivity index (χ1n) is 5.30. The summed E-state index contributed by atoms with van der Waals surface area (Å²) in [5, 5.41) is 11.3. The number of rotatable bonds is 2. The van der Waals surface area contributed by atoms with Gasteiger partial charge in [0.2, 0.25) is 0 Å². The van der Waals surface area contributed by atoms with Crippen molar-refractivity contribution in [1.82, 2.24) is 10.2 Å². The summed E-state index contributed by atoms with van der Waals surface area (Å²) >= 11 is 0. The number of aromatic nitrogens is 2. The minimum absolute atomic E-state index is 0.786. The highest BCUT2D eigenvalue weighted by Gasteiger charge is 2.05. The molecule has 0 bridgehead atoms. The van der Waals surface area contributed by atoms with E-state index in [1.807, 2.05) is 25.2 Å². The van der Waals surface area contributed by atoms with E-state index < -0.39 is 0 Å². The maximum Gasteiger partial charge on any atom is 0.148 e. The summed E-state index contributed by atoms with van der Waals surface area (Å²) in [5.41, 5.74) is 4.60. The van der Waals surface area contributed by atoms with E-state index in [1.165, 1.54) is 11.1 Å². The third-order valence-corrected chi connectivity index (χ3v) is 2.80. The van der Waals surface area contributed by atoms with Crippen LogP contribution < -0.4 is 5.32 Å².